The van der Waals surface area contributed by atoms with Crippen molar-refractivity contribution in [2.45, 2.75) is 52.9 Å². The molecule has 122 valence electrons. The highest BCUT2D eigenvalue weighted by molar-refractivity contribution is 5.74. The van der Waals surface area contributed by atoms with Gasteiger partial charge >= 0.3 is 12.0 Å². The topological polar surface area (TPSA) is 60.9 Å². The van der Waals surface area contributed by atoms with Gasteiger partial charge in [-0.05, 0) is 38.0 Å². The number of rotatable bonds is 7. The van der Waals surface area contributed by atoms with E-state index in [9.17, 15) is 9.59 Å². The van der Waals surface area contributed by atoms with Crippen molar-refractivity contribution >= 4 is 12.0 Å². The van der Waals surface area contributed by atoms with Crippen LogP contribution in [-0.2, 0) is 4.79 Å². The molecule has 1 saturated heterocycles. The van der Waals surface area contributed by atoms with Crippen LogP contribution in [0.15, 0.2) is 0 Å². The van der Waals surface area contributed by atoms with Crippen LogP contribution in [0.5, 0.6) is 0 Å². The van der Waals surface area contributed by atoms with E-state index in [2.05, 4.69) is 6.92 Å². The fraction of sp³-hybridized carbons (Fsp3) is 0.875. The van der Waals surface area contributed by atoms with Gasteiger partial charge in [-0.3, -0.25) is 4.79 Å². The first kappa shape index (κ1) is 17.8. The van der Waals surface area contributed by atoms with Crippen molar-refractivity contribution in [1.29, 1.82) is 0 Å². The Morgan fingerprint density at radius 1 is 1.38 bits per heavy atom. The molecule has 1 heterocycles. The van der Waals surface area contributed by atoms with Crippen molar-refractivity contribution in [2.75, 3.05) is 26.2 Å². The first-order valence-corrected chi connectivity index (χ1v) is 8.25. The Balaban J connectivity index is 2.57. The lowest BCUT2D eigenvalue weighted by molar-refractivity contribution is -0.138. The van der Waals surface area contributed by atoms with Crippen LogP contribution in [0.3, 0.4) is 0 Å². The minimum atomic E-state index is -0.746. The average molecular weight is 298 g/mol. The lowest BCUT2D eigenvalue weighted by Gasteiger charge is -2.38. The Hall–Kier alpha value is -1.26. The number of unbranched alkanes of at least 4 members (excludes halogenated alkanes) is 1. The monoisotopic (exact) mass is 298 g/mol. The number of carbonyl (C=O) groups is 2. The molecule has 0 saturated carbocycles. The Bertz CT molecular complexity index is 346. The molecule has 0 bridgehead atoms. The van der Waals surface area contributed by atoms with Gasteiger partial charge in [0.2, 0.25) is 0 Å². The molecule has 5 heteroatoms. The van der Waals surface area contributed by atoms with Gasteiger partial charge in [0.05, 0.1) is 0 Å². The molecule has 0 aromatic rings. The summed E-state index contributed by atoms with van der Waals surface area (Å²) >= 11 is 0. The predicted octanol–water partition coefficient (Wildman–Crippen LogP) is 3.05. The number of carboxylic acids is 1. The molecule has 1 N–H and O–H groups in total. The highest BCUT2D eigenvalue weighted by atomic mass is 16.4. The third-order valence-corrected chi connectivity index (χ3v) is 4.46. The molecular weight excluding hydrogens is 268 g/mol. The lowest BCUT2D eigenvalue weighted by Crippen LogP contribution is -2.48. The van der Waals surface area contributed by atoms with Crippen LogP contribution in [0.2, 0.25) is 0 Å². The maximum Gasteiger partial charge on any atom is 0.319 e. The quantitative estimate of drug-likeness (QED) is 0.786. The number of amides is 2. The molecule has 0 aromatic carbocycles. The summed E-state index contributed by atoms with van der Waals surface area (Å²) in [5, 5.41) is 8.92. The highest BCUT2D eigenvalue weighted by Gasteiger charge is 2.29. The molecule has 5 nitrogen and oxygen atoms in total. The van der Waals surface area contributed by atoms with E-state index in [1.807, 2.05) is 23.6 Å². The Kier molecular flexibility index (Phi) is 7.54. The number of likely N-dealkylation sites (tertiary alicyclic amines) is 1. The number of aliphatic carboxylic acids is 1. The van der Waals surface area contributed by atoms with Crippen molar-refractivity contribution in [1.82, 2.24) is 9.80 Å². The van der Waals surface area contributed by atoms with Gasteiger partial charge in [-0.1, -0.05) is 20.3 Å². The second-order valence-electron chi connectivity index (χ2n) is 6.14. The van der Waals surface area contributed by atoms with Gasteiger partial charge in [0.1, 0.15) is 0 Å². The average Bonchev–Trinajstić information content (AvgIpc) is 2.47. The van der Waals surface area contributed by atoms with Crippen molar-refractivity contribution < 1.29 is 14.7 Å². The second kappa shape index (κ2) is 8.90. The normalized spacial score (nSPS) is 20.1. The van der Waals surface area contributed by atoms with E-state index in [0.717, 1.165) is 45.3 Å². The van der Waals surface area contributed by atoms with Crippen LogP contribution in [0.1, 0.15) is 52.9 Å². The first-order valence-electron chi connectivity index (χ1n) is 8.25. The number of nitrogens with zero attached hydrogens (tertiary/aromatic N) is 2. The lowest BCUT2D eigenvalue weighted by atomic mass is 9.85. The molecule has 2 unspecified atom stereocenters. The van der Waals surface area contributed by atoms with Gasteiger partial charge in [0.15, 0.2) is 0 Å². The summed E-state index contributed by atoms with van der Waals surface area (Å²) in [5.74, 6) is -0.309. The predicted molar refractivity (Wildman–Crippen MR) is 83.3 cm³/mol. The second-order valence-corrected chi connectivity index (χ2v) is 6.14. The summed E-state index contributed by atoms with van der Waals surface area (Å²) in [6.45, 7) is 9.20. The number of urea groups is 1. The summed E-state index contributed by atoms with van der Waals surface area (Å²) in [5.41, 5.74) is 0. The molecule has 21 heavy (non-hydrogen) atoms. The third-order valence-electron chi connectivity index (χ3n) is 4.46. The molecule has 1 rings (SSSR count). The van der Waals surface area contributed by atoms with Gasteiger partial charge in [-0.25, -0.2) is 4.79 Å². The number of carbonyl (C=O) groups excluding carboxylic acids is 1. The van der Waals surface area contributed by atoms with E-state index >= 15 is 0 Å². The maximum atomic E-state index is 12.6. The Morgan fingerprint density at radius 2 is 2.10 bits per heavy atom. The molecule has 0 radical (unpaired) electrons. The number of piperidine rings is 1. The van der Waals surface area contributed by atoms with Gasteiger partial charge < -0.3 is 14.9 Å². The fourth-order valence-corrected chi connectivity index (χ4v) is 3.03. The summed E-state index contributed by atoms with van der Waals surface area (Å²) in [6, 6.07) is 0.123. The third kappa shape index (κ3) is 5.56. The minimum Gasteiger partial charge on any atom is -0.481 e. The van der Waals surface area contributed by atoms with Crippen molar-refractivity contribution in [3.8, 4) is 0 Å². The largest absolute Gasteiger partial charge is 0.481 e. The maximum absolute atomic E-state index is 12.6. The molecule has 2 amide bonds. The number of hydrogen-bond donors (Lipinski definition) is 1. The van der Waals surface area contributed by atoms with E-state index in [4.69, 9.17) is 5.11 Å². The number of carboxylic acid groups (broad SMARTS) is 1. The van der Waals surface area contributed by atoms with E-state index in [-0.39, 0.29) is 18.4 Å². The van der Waals surface area contributed by atoms with Crippen LogP contribution < -0.4 is 0 Å². The van der Waals surface area contributed by atoms with E-state index in [0.29, 0.717) is 12.5 Å². The molecular formula is C16H30N2O3. The fourth-order valence-electron chi connectivity index (χ4n) is 3.03. The molecule has 0 spiro atoms. The van der Waals surface area contributed by atoms with Crippen LogP contribution in [0, 0.1) is 11.8 Å². The minimum absolute atomic E-state index is 0.123. The summed E-state index contributed by atoms with van der Waals surface area (Å²) in [6.07, 6.45) is 4.32. The van der Waals surface area contributed by atoms with Gasteiger partial charge in [-0.15, -0.1) is 0 Å². The van der Waals surface area contributed by atoms with Crippen LogP contribution in [-0.4, -0.2) is 53.1 Å². The molecule has 1 aliphatic heterocycles. The standard InChI is InChI=1S/C16H30N2O3/c1-4-6-9-17(5-2)16(21)18-10-7-8-14(12-18)13(3)11-15(19)20/h13-14H,4-12H2,1-3H3,(H,19,20). The van der Waals surface area contributed by atoms with Crippen molar-refractivity contribution in [3.63, 3.8) is 0 Å². The summed E-state index contributed by atoms with van der Waals surface area (Å²) in [4.78, 5) is 27.2. The molecule has 2 atom stereocenters. The summed E-state index contributed by atoms with van der Waals surface area (Å²) < 4.78 is 0. The summed E-state index contributed by atoms with van der Waals surface area (Å²) in [7, 11) is 0. The van der Waals surface area contributed by atoms with Crippen LogP contribution in [0.4, 0.5) is 4.79 Å². The zero-order valence-electron chi connectivity index (χ0n) is 13.7. The SMILES string of the molecule is CCCCN(CC)C(=O)N1CCCC(C(C)CC(=O)O)C1. The zero-order chi connectivity index (χ0) is 15.8. The molecule has 0 aliphatic carbocycles. The van der Waals surface area contributed by atoms with Gasteiger partial charge in [0.25, 0.3) is 0 Å². The zero-order valence-corrected chi connectivity index (χ0v) is 13.7. The highest BCUT2D eigenvalue weighted by Crippen LogP contribution is 2.26. The Labute approximate surface area is 128 Å². The van der Waals surface area contributed by atoms with Gasteiger partial charge in [-0.2, -0.15) is 0 Å². The van der Waals surface area contributed by atoms with E-state index in [1.54, 1.807) is 0 Å². The van der Waals surface area contributed by atoms with Crippen molar-refractivity contribution in [3.05, 3.63) is 0 Å². The Morgan fingerprint density at radius 3 is 2.67 bits per heavy atom. The molecule has 0 aromatic heterocycles. The molecule has 1 aliphatic rings. The van der Waals surface area contributed by atoms with Crippen LogP contribution in [0.25, 0.3) is 0 Å². The molecule has 1 fully saturated rings. The first-order chi connectivity index (χ1) is 9.99. The smallest absolute Gasteiger partial charge is 0.319 e. The van der Waals surface area contributed by atoms with E-state index < -0.39 is 5.97 Å². The van der Waals surface area contributed by atoms with E-state index in [1.165, 1.54) is 0 Å². The van der Waals surface area contributed by atoms with Crippen molar-refractivity contribution in [2.24, 2.45) is 11.8 Å². The number of hydrogen-bond acceptors (Lipinski definition) is 2. The van der Waals surface area contributed by atoms with Crippen LogP contribution >= 0.6 is 0 Å². The van der Waals surface area contributed by atoms with Gasteiger partial charge in [0, 0.05) is 32.6 Å².